The summed E-state index contributed by atoms with van der Waals surface area (Å²) in [7, 11) is -1.80. The van der Waals surface area contributed by atoms with Crippen LogP contribution in [0.3, 0.4) is 0 Å². The summed E-state index contributed by atoms with van der Waals surface area (Å²) >= 11 is 0. The first-order chi connectivity index (χ1) is 8.23. The van der Waals surface area contributed by atoms with E-state index in [1.165, 1.54) is 4.31 Å². The second-order valence-electron chi connectivity index (χ2n) is 5.86. The molecule has 0 aromatic carbocycles. The van der Waals surface area contributed by atoms with Gasteiger partial charge >= 0.3 is 0 Å². The molecule has 0 aromatic heterocycles. The fraction of sp³-hybridized carbons (Fsp3) is 1.00. The standard InChI is InChI=1S/C12H27N3O2S/c1-10(2)14-18(16,17)15(4)12(9-13)7-5-11(3)6-8-12/h10-11,14H,5-9,13H2,1-4H3. The maximum absolute atomic E-state index is 12.2. The van der Waals surface area contributed by atoms with Crippen molar-refractivity contribution in [2.45, 2.75) is 58.0 Å². The second-order valence-corrected chi connectivity index (χ2v) is 7.59. The monoisotopic (exact) mass is 277 g/mol. The van der Waals surface area contributed by atoms with Crippen LogP contribution in [0.4, 0.5) is 0 Å². The molecule has 0 aromatic rings. The van der Waals surface area contributed by atoms with Gasteiger partial charge in [-0.25, -0.2) is 0 Å². The van der Waals surface area contributed by atoms with Crippen molar-refractivity contribution in [3.8, 4) is 0 Å². The van der Waals surface area contributed by atoms with E-state index in [1.807, 2.05) is 13.8 Å². The molecule has 0 aliphatic heterocycles. The summed E-state index contributed by atoms with van der Waals surface area (Å²) in [6.45, 7) is 6.24. The lowest BCUT2D eigenvalue weighted by Crippen LogP contribution is -2.59. The summed E-state index contributed by atoms with van der Waals surface area (Å²) in [4.78, 5) is 0. The average molecular weight is 277 g/mol. The Balaban J connectivity index is 2.88. The molecule has 0 amide bonds. The van der Waals surface area contributed by atoms with E-state index in [2.05, 4.69) is 11.6 Å². The topological polar surface area (TPSA) is 75.4 Å². The predicted octanol–water partition coefficient (Wildman–Crippen LogP) is 1.07. The van der Waals surface area contributed by atoms with Gasteiger partial charge < -0.3 is 5.73 Å². The Kier molecular flexibility index (Phi) is 5.17. The van der Waals surface area contributed by atoms with Gasteiger partial charge in [-0.2, -0.15) is 17.4 Å². The third-order valence-electron chi connectivity index (χ3n) is 4.00. The van der Waals surface area contributed by atoms with Gasteiger partial charge in [0.15, 0.2) is 0 Å². The molecular weight excluding hydrogens is 250 g/mol. The molecule has 1 rings (SSSR count). The molecule has 1 fully saturated rings. The van der Waals surface area contributed by atoms with Gasteiger partial charge in [-0.05, 0) is 45.4 Å². The number of nitrogens with two attached hydrogens (primary N) is 1. The largest absolute Gasteiger partial charge is 0.329 e. The van der Waals surface area contributed by atoms with Crippen molar-refractivity contribution in [1.82, 2.24) is 9.03 Å². The summed E-state index contributed by atoms with van der Waals surface area (Å²) in [5.41, 5.74) is 5.47. The van der Waals surface area contributed by atoms with Crippen molar-refractivity contribution in [2.75, 3.05) is 13.6 Å². The normalized spacial score (nSPS) is 30.1. The second kappa shape index (κ2) is 5.86. The van der Waals surface area contributed by atoms with Crippen molar-refractivity contribution in [3.05, 3.63) is 0 Å². The van der Waals surface area contributed by atoms with E-state index in [9.17, 15) is 8.42 Å². The van der Waals surface area contributed by atoms with E-state index in [0.29, 0.717) is 12.5 Å². The predicted molar refractivity (Wildman–Crippen MR) is 74.4 cm³/mol. The molecule has 18 heavy (non-hydrogen) atoms. The fourth-order valence-corrected chi connectivity index (χ4v) is 4.10. The molecule has 108 valence electrons. The van der Waals surface area contributed by atoms with Crippen LogP contribution in [0.5, 0.6) is 0 Å². The maximum atomic E-state index is 12.2. The van der Waals surface area contributed by atoms with Gasteiger partial charge in [-0.3, -0.25) is 0 Å². The molecule has 1 saturated carbocycles. The zero-order chi connectivity index (χ0) is 14.0. The number of likely N-dealkylation sites (N-methyl/N-ethyl adjacent to an activating group) is 1. The minimum atomic E-state index is -3.44. The number of rotatable bonds is 5. The number of nitrogens with one attached hydrogen (secondary N) is 1. The Morgan fingerprint density at radius 2 is 1.89 bits per heavy atom. The van der Waals surface area contributed by atoms with Crippen LogP contribution >= 0.6 is 0 Å². The van der Waals surface area contributed by atoms with E-state index < -0.39 is 15.7 Å². The molecule has 1 aliphatic rings. The molecular formula is C12H27N3O2S. The molecule has 6 heteroatoms. The lowest BCUT2D eigenvalue weighted by atomic mass is 9.77. The van der Waals surface area contributed by atoms with Crippen molar-refractivity contribution in [1.29, 1.82) is 0 Å². The van der Waals surface area contributed by atoms with E-state index in [4.69, 9.17) is 5.73 Å². The van der Waals surface area contributed by atoms with Crippen molar-refractivity contribution >= 4 is 10.2 Å². The molecule has 0 spiro atoms. The quantitative estimate of drug-likeness (QED) is 0.789. The summed E-state index contributed by atoms with van der Waals surface area (Å²) in [6.07, 6.45) is 3.78. The lowest BCUT2D eigenvalue weighted by molar-refractivity contribution is 0.134. The number of nitrogens with zero attached hydrogens (tertiary/aromatic N) is 1. The van der Waals surface area contributed by atoms with Gasteiger partial charge in [0, 0.05) is 25.2 Å². The number of hydrogen-bond acceptors (Lipinski definition) is 3. The molecule has 0 radical (unpaired) electrons. The van der Waals surface area contributed by atoms with Gasteiger partial charge in [-0.15, -0.1) is 0 Å². The summed E-state index contributed by atoms with van der Waals surface area (Å²) in [6, 6.07) is -0.102. The van der Waals surface area contributed by atoms with Gasteiger partial charge in [0.05, 0.1) is 0 Å². The Bertz CT molecular complexity index is 360. The van der Waals surface area contributed by atoms with Crippen LogP contribution in [0.2, 0.25) is 0 Å². The first kappa shape index (κ1) is 15.9. The van der Waals surface area contributed by atoms with Crippen LogP contribution in [0.15, 0.2) is 0 Å². The zero-order valence-corrected chi connectivity index (χ0v) is 12.8. The third kappa shape index (κ3) is 3.44. The highest BCUT2D eigenvalue weighted by molar-refractivity contribution is 7.87. The van der Waals surface area contributed by atoms with Crippen molar-refractivity contribution in [2.24, 2.45) is 11.7 Å². The van der Waals surface area contributed by atoms with E-state index in [0.717, 1.165) is 25.7 Å². The number of hydrogen-bond donors (Lipinski definition) is 2. The maximum Gasteiger partial charge on any atom is 0.279 e. The van der Waals surface area contributed by atoms with E-state index in [1.54, 1.807) is 7.05 Å². The minimum absolute atomic E-state index is 0.102. The average Bonchev–Trinajstić information content (AvgIpc) is 2.28. The molecule has 3 N–H and O–H groups in total. The van der Waals surface area contributed by atoms with Crippen molar-refractivity contribution < 1.29 is 8.42 Å². The van der Waals surface area contributed by atoms with Crippen LogP contribution in [0.1, 0.15) is 46.5 Å². The van der Waals surface area contributed by atoms with Crippen LogP contribution in [-0.2, 0) is 10.2 Å². The minimum Gasteiger partial charge on any atom is -0.329 e. The molecule has 0 saturated heterocycles. The Morgan fingerprint density at radius 3 is 2.28 bits per heavy atom. The van der Waals surface area contributed by atoms with Gasteiger partial charge in [0.1, 0.15) is 0 Å². The lowest BCUT2D eigenvalue weighted by Gasteiger charge is -2.44. The summed E-state index contributed by atoms with van der Waals surface area (Å²) in [5, 5.41) is 0. The van der Waals surface area contributed by atoms with E-state index >= 15 is 0 Å². The van der Waals surface area contributed by atoms with Crippen LogP contribution < -0.4 is 10.5 Å². The van der Waals surface area contributed by atoms with E-state index in [-0.39, 0.29) is 6.04 Å². The molecule has 0 unspecified atom stereocenters. The van der Waals surface area contributed by atoms with Crippen LogP contribution in [0, 0.1) is 5.92 Å². The Morgan fingerprint density at radius 1 is 1.39 bits per heavy atom. The van der Waals surface area contributed by atoms with Gasteiger partial charge in [0.2, 0.25) is 0 Å². The highest BCUT2D eigenvalue weighted by Gasteiger charge is 2.42. The SMILES string of the molecule is CC1CCC(CN)(N(C)S(=O)(=O)NC(C)C)CC1. The molecule has 0 atom stereocenters. The first-order valence-electron chi connectivity index (χ1n) is 6.70. The zero-order valence-electron chi connectivity index (χ0n) is 11.9. The van der Waals surface area contributed by atoms with Crippen LogP contribution in [0.25, 0.3) is 0 Å². The molecule has 0 bridgehead atoms. The van der Waals surface area contributed by atoms with Crippen molar-refractivity contribution in [3.63, 3.8) is 0 Å². The smallest absolute Gasteiger partial charge is 0.279 e. The highest BCUT2D eigenvalue weighted by atomic mass is 32.2. The third-order valence-corrected chi connectivity index (χ3v) is 5.88. The van der Waals surface area contributed by atoms with Crippen LogP contribution in [-0.4, -0.2) is 37.9 Å². The summed E-state index contributed by atoms with van der Waals surface area (Å²) < 4.78 is 28.6. The molecule has 5 nitrogen and oxygen atoms in total. The molecule has 1 aliphatic carbocycles. The van der Waals surface area contributed by atoms with Gasteiger partial charge in [-0.1, -0.05) is 6.92 Å². The highest BCUT2D eigenvalue weighted by Crippen LogP contribution is 2.36. The first-order valence-corrected chi connectivity index (χ1v) is 8.14. The Hall–Kier alpha value is -0.170. The van der Waals surface area contributed by atoms with Gasteiger partial charge in [0.25, 0.3) is 10.2 Å². The summed E-state index contributed by atoms with van der Waals surface area (Å²) in [5.74, 6) is 0.666. The molecule has 0 heterocycles. The Labute approximate surface area is 111 Å². The fourth-order valence-electron chi connectivity index (χ4n) is 2.58.